The molecule has 5 atom stereocenters. The molecule has 1 nitrogen and oxygen atoms in total. The maximum atomic E-state index is 4.00. The summed E-state index contributed by atoms with van der Waals surface area (Å²) in [5.41, 5.74) is 0. The minimum absolute atomic E-state index is 0.813. The van der Waals surface area contributed by atoms with E-state index in [1.807, 2.05) is 0 Å². The molecule has 0 heterocycles. The quantitative estimate of drug-likeness (QED) is 0.710. The van der Waals surface area contributed by atoms with Gasteiger partial charge in [-0.3, -0.25) is 0 Å². The Labute approximate surface area is 114 Å². The molecular weight excluding hydrogens is 218 g/mol. The minimum Gasteiger partial charge on any atom is -0.311 e. The van der Waals surface area contributed by atoms with Gasteiger partial charge in [-0.15, -0.1) is 0 Å². The zero-order valence-corrected chi connectivity index (χ0v) is 12.8. The van der Waals surface area contributed by atoms with Gasteiger partial charge in [0.25, 0.3) is 0 Å². The van der Waals surface area contributed by atoms with Crippen LogP contribution >= 0.6 is 0 Å². The monoisotopic (exact) mass is 251 g/mol. The van der Waals surface area contributed by atoms with Crippen molar-refractivity contribution in [3.05, 3.63) is 0 Å². The third-order valence-corrected chi connectivity index (χ3v) is 5.70. The molecule has 2 saturated carbocycles. The van der Waals surface area contributed by atoms with Crippen LogP contribution in [0.2, 0.25) is 0 Å². The highest BCUT2D eigenvalue weighted by atomic mass is 15.0. The van der Waals surface area contributed by atoms with Gasteiger partial charge < -0.3 is 5.32 Å². The van der Waals surface area contributed by atoms with Gasteiger partial charge in [-0.1, -0.05) is 46.5 Å². The van der Waals surface area contributed by atoms with Crippen LogP contribution in [-0.4, -0.2) is 12.1 Å². The molecule has 0 aliphatic heterocycles. The number of rotatable bonds is 4. The standard InChI is InChI=1S/C17H33N/c1-4-6-15-7-5-8-16(11-10-15)18-17-12-9-13(2)14(17)3/h13-18H,4-12H2,1-3H3. The summed E-state index contributed by atoms with van der Waals surface area (Å²) in [6, 6.07) is 1.64. The van der Waals surface area contributed by atoms with Gasteiger partial charge in [0.2, 0.25) is 0 Å². The van der Waals surface area contributed by atoms with E-state index in [0.717, 1.165) is 29.8 Å². The molecule has 0 radical (unpaired) electrons. The van der Waals surface area contributed by atoms with E-state index in [9.17, 15) is 0 Å². The van der Waals surface area contributed by atoms with Gasteiger partial charge >= 0.3 is 0 Å². The highest BCUT2D eigenvalue weighted by Gasteiger charge is 2.31. The van der Waals surface area contributed by atoms with Crippen LogP contribution in [0.4, 0.5) is 0 Å². The minimum atomic E-state index is 0.813. The number of nitrogens with one attached hydrogen (secondary N) is 1. The Balaban J connectivity index is 1.76. The first-order valence-electron chi connectivity index (χ1n) is 8.46. The Morgan fingerprint density at radius 2 is 1.78 bits per heavy atom. The SMILES string of the molecule is CCCC1CCCC(NC2CCC(C)C2C)CC1. The molecule has 2 rings (SSSR count). The zero-order chi connectivity index (χ0) is 13.0. The van der Waals surface area contributed by atoms with Crippen molar-refractivity contribution in [2.75, 3.05) is 0 Å². The van der Waals surface area contributed by atoms with Crippen LogP contribution in [-0.2, 0) is 0 Å². The average molecular weight is 251 g/mol. The summed E-state index contributed by atoms with van der Waals surface area (Å²) in [7, 11) is 0. The van der Waals surface area contributed by atoms with Crippen LogP contribution in [0.1, 0.15) is 78.6 Å². The second-order valence-electron chi connectivity index (χ2n) is 7.05. The molecule has 2 aliphatic rings. The van der Waals surface area contributed by atoms with Crippen LogP contribution in [0.5, 0.6) is 0 Å². The Morgan fingerprint density at radius 3 is 2.44 bits per heavy atom. The van der Waals surface area contributed by atoms with Gasteiger partial charge in [0.1, 0.15) is 0 Å². The van der Waals surface area contributed by atoms with E-state index < -0.39 is 0 Å². The van der Waals surface area contributed by atoms with Crippen LogP contribution in [0.25, 0.3) is 0 Å². The molecule has 0 aromatic rings. The molecular formula is C17H33N. The lowest BCUT2D eigenvalue weighted by Gasteiger charge is -2.26. The van der Waals surface area contributed by atoms with Gasteiger partial charge in [0.05, 0.1) is 0 Å². The molecule has 1 N–H and O–H groups in total. The van der Waals surface area contributed by atoms with E-state index in [4.69, 9.17) is 0 Å². The fourth-order valence-corrected chi connectivity index (χ4v) is 4.14. The van der Waals surface area contributed by atoms with Gasteiger partial charge in [0, 0.05) is 12.1 Å². The molecule has 0 saturated heterocycles. The first-order chi connectivity index (χ1) is 8.70. The van der Waals surface area contributed by atoms with Crippen molar-refractivity contribution in [1.29, 1.82) is 0 Å². The van der Waals surface area contributed by atoms with Gasteiger partial charge in [-0.2, -0.15) is 0 Å². The zero-order valence-electron chi connectivity index (χ0n) is 12.8. The van der Waals surface area contributed by atoms with E-state index in [-0.39, 0.29) is 0 Å². The Kier molecular flexibility index (Phi) is 5.54. The third-order valence-electron chi connectivity index (χ3n) is 5.70. The summed E-state index contributed by atoms with van der Waals surface area (Å²) >= 11 is 0. The maximum absolute atomic E-state index is 4.00. The summed E-state index contributed by atoms with van der Waals surface area (Å²) in [5.74, 6) is 2.85. The van der Waals surface area contributed by atoms with Crippen LogP contribution in [0.15, 0.2) is 0 Å². The molecule has 18 heavy (non-hydrogen) atoms. The molecule has 0 spiro atoms. The van der Waals surface area contributed by atoms with E-state index in [1.54, 1.807) is 0 Å². The summed E-state index contributed by atoms with van der Waals surface area (Å²) < 4.78 is 0. The molecule has 0 aromatic carbocycles. The van der Waals surface area contributed by atoms with E-state index in [0.29, 0.717) is 0 Å². The fourth-order valence-electron chi connectivity index (χ4n) is 4.14. The Morgan fingerprint density at radius 1 is 0.944 bits per heavy atom. The van der Waals surface area contributed by atoms with E-state index >= 15 is 0 Å². The van der Waals surface area contributed by atoms with E-state index in [1.165, 1.54) is 57.8 Å². The first-order valence-corrected chi connectivity index (χ1v) is 8.46. The highest BCUT2D eigenvalue weighted by Crippen LogP contribution is 2.33. The largest absolute Gasteiger partial charge is 0.311 e. The van der Waals surface area contributed by atoms with Crippen molar-refractivity contribution in [2.24, 2.45) is 17.8 Å². The van der Waals surface area contributed by atoms with Crippen LogP contribution < -0.4 is 5.32 Å². The van der Waals surface area contributed by atoms with Crippen molar-refractivity contribution in [3.8, 4) is 0 Å². The summed E-state index contributed by atoms with van der Waals surface area (Å²) in [5, 5.41) is 4.00. The maximum Gasteiger partial charge on any atom is 0.00979 e. The van der Waals surface area contributed by atoms with Crippen molar-refractivity contribution < 1.29 is 0 Å². The molecule has 2 aliphatic carbocycles. The average Bonchev–Trinajstić information content (AvgIpc) is 2.57. The topological polar surface area (TPSA) is 12.0 Å². The second-order valence-corrected chi connectivity index (χ2v) is 7.05. The molecule has 2 fully saturated rings. The van der Waals surface area contributed by atoms with Crippen LogP contribution in [0.3, 0.4) is 0 Å². The normalized spacial score (nSPS) is 41.8. The molecule has 0 bridgehead atoms. The van der Waals surface area contributed by atoms with E-state index in [2.05, 4.69) is 26.1 Å². The summed E-state index contributed by atoms with van der Waals surface area (Å²) in [6.07, 6.45) is 13.0. The number of hydrogen-bond donors (Lipinski definition) is 1. The second kappa shape index (κ2) is 6.93. The van der Waals surface area contributed by atoms with Gasteiger partial charge in [0.15, 0.2) is 0 Å². The third kappa shape index (κ3) is 3.73. The summed E-state index contributed by atoms with van der Waals surface area (Å²) in [6.45, 7) is 7.21. The number of hydrogen-bond acceptors (Lipinski definition) is 1. The lowest BCUT2D eigenvalue weighted by Crippen LogP contribution is -2.40. The molecule has 0 aromatic heterocycles. The fraction of sp³-hybridized carbons (Fsp3) is 1.00. The smallest absolute Gasteiger partial charge is 0.00979 e. The predicted octanol–water partition coefficient (Wildman–Crippen LogP) is 4.76. The van der Waals surface area contributed by atoms with Crippen molar-refractivity contribution in [3.63, 3.8) is 0 Å². The molecule has 1 heteroatoms. The lowest BCUT2D eigenvalue weighted by molar-refractivity contribution is 0.318. The Hall–Kier alpha value is -0.0400. The van der Waals surface area contributed by atoms with Crippen molar-refractivity contribution in [2.45, 2.75) is 90.6 Å². The van der Waals surface area contributed by atoms with Gasteiger partial charge in [-0.05, 0) is 49.9 Å². The van der Waals surface area contributed by atoms with Gasteiger partial charge in [-0.25, -0.2) is 0 Å². The van der Waals surface area contributed by atoms with Crippen molar-refractivity contribution >= 4 is 0 Å². The molecule has 5 unspecified atom stereocenters. The first kappa shape index (κ1) is 14.4. The summed E-state index contributed by atoms with van der Waals surface area (Å²) in [4.78, 5) is 0. The van der Waals surface area contributed by atoms with Crippen LogP contribution in [0, 0.1) is 17.8 Å². The molecule has 0 amide bonds. The lowest BCUT2D eigenvalue weighted by atomic mass is 9.95. The van der Waals surface area contributed by atoms with Crippen molar-refractivity contribution in [1.82, 2.24) is 5.32 Å². The Bertz CT molecular complexity index is 238. The molecule has 106 valence electrons. The predicted molar refractivity (Wildman–Crippen MR) is 79.8 cm³/mol. The highest BCUT2D eigenvalue weighted by molar-refractivity contribution is 4.88.